The number of likely N-dealkylation sites (tertiary alicyclic amines) is 2. The topological polar surface area (TPSA) is 224 Å². The van der Waals surface area contributed by atoms with Crippen LogP contribution in [0.3, 0.4) is 0 Å². The van der Waals surface area contributed by atoms with Gasteiger partial charge in [0.15, 0.2) is 6.29 Å². The lowest BCUT2D eigenvalue weighted by Crippen LogP contribution is -2.54. The third-order valence-corrected chi connectivity index (χ3v) is 17.4. The number of aldehydes is 1. The maximum absolute atomic E-state index is 13.4. The van der Waals surface area contributed by atoms with E-state index in [1.807, 2.05) is 107 Å². The fraction of sp³-hybridized carbons (Fsp3) is 0.483. The van der Waals surface area contributed by atoms with Gasteiger partial charge in [-0.05, 0) is 79.7 Å². The van der Waals surface area contributed by atoms with Crippen LogP contribution in [0.2, 0.25) is 0 Å². The summed E-state index contributed by atoms with van der Waals surface area (Å²) in [7, 11) is 1.89. The lowest BCUT2D eigenvalue weighted by molar-refractivity contribution is -0.139. The number of hydrogen-bond acceptors (Lipinski definition) is 13. The van der Waals surface area contributed by atoms with Crippen LogP contribution in [0.5, 0.6) is 0 Å². The summed E-state index contributed by atoms with van der Waals surface area (Å²) >= 11 is 1.64. The fourth-order valence-electron chi connectivity index (χ4n) is 11.3. The van der Waals surface area contributed by atoms with E-state index in [0.29, 0.717) is 74.7 Å². The summed E-state index contributed by atoms with van der Waals surface area (Å²) in [5.41, 5.74) is 9.92. The van der Waals surface area contributed by atoms with E-state index in [9.17, 15) is 37.9 Å². The van der Waals surface area contributed by atoms with E-state index in [1.165, 1.54) is 16.0 Å². The van der Waals surface area contributed by atoms with Gasteiger partial charge in [-0.2, -0.15) is 10.2 Å². The molecule has 432 valence electrons. The molecule has 2 aliphatic carbocycles. The zero-order chi connectivity index (χ0) is 58.1. The number of aromatic amines is 1. The number of H-pyrrole nitrogens is 1. The highest BCUT2D eigenvalue weighted by molar-refractivity contribution is 7.13. The molecule has 3 saturated heterocycles. The number of β-amino-alcohol motifs (C(OH)–C–C–N with tert-alkyl or cyclic N) is 1. The van der Waals surface area contributed by atoms with E-state index in [1.54, 1.807) is 28.1 Å². The van der Waals surface area contributed by atoms with Crippen molar-refractivity contribution in [3.05, 3.63) is 130 Å². The molecule has 0 radical (unpaired) electrons. The minimum atomic E-state index is -2.59. The van der Waals surface area contributed by atoms with Crippen molar-refractivity contribution in [2.45, 2.75) is 111 Å². The molecule has 4 fully saturated rings. The van der Waals surface area contributed by atoms with Crippen LogP contribution in [0.15, 0.2) is 90.8 Å². The molecule has 0 spiro atoms. The Morgan fingerprint density at radius 1 is 0.938 bits per heavy atom. The summed E-state index contributed by atoms with van der Waals surface area (Å²) in [5.74, 6) is -2.62. The van der Waals surface area contributed by atoms with E-state index in [0.717, 1.165) is 73.8 Å². The number of aromatic nitrogens is 6. The van der Waals surface area contributed by atoms with Gasteiger partial charge >= 0.3 is 0 Å². The number of anilines is 2. The van der Waals surface area contributed by atoms with Crippen molar-refractivity contribution < 1.29 is 37.9 Å². The van der Waals surface area contributed by atoms with Gasteiger partial charge in [-0.3, -0.25) is 38.7 Å². The van der Waals surface area contributed by atoms with Crippen LogP contribution in [0.4, 0.5) is 20.2 Å². The number of pyridine rings is 1. The molecule has 4 unspecified atom stereocenters. The van der Waals surface area contributed by atoms with Gasteiger partial charge in [0.1, 0.15) is 11.7 Å². The zero-order valence-electron chi connectivity index (χ0n) is 47.3. The highest BCUT2D eigenvalue weighted by Gasteiger charge is 2.78. The second-order valence-electron chi connectivity index (χ2n) is 23.1. The van der Waals surface area contributed by atoms with Crippen LogP contribution in [0.25, 0.3) is 10.4 Å². The summed E-state index contributed by atoms with van der Waals surface area (Å²) in [6.07, 6.45) is 11.1. The predicted octanol–water partition coefficient (Wildman–Crippen LogP) is 7.68. The van der Waals surface area contributed by atoms with Crippen molar-refractivity contribution in [1.29, 1.82) is 0 Å². The fourth-order valence-corrected chi connectivity index (χ4v) is 12.1. The Balaban J connectivity index is 0.000000147. The molecule has 18 nitrogen and oxygen atoms in total. The first-order valence-electron chi connectivity index (χ1n) is 27.7. The van der Waals surface area contributed by atoms with E-state index in [-0.39, 0.29) is 35.4 Å². The Morgan fingerprint density at radius 3 is 2.25 bits per heavy atom. The minimum Gasteiger partial charge on any atom is -0.391 e. The van der Waals surface area contributed by atoms with Gasteiger partial charge < -0.3 is 35.8 Å². The minimum absolute atomic E-state index is 0.0570. The van der Waals surface area contributed by atoms with Crippen molar-refractivity contribution >= 4 is 53.6 Å². The lowest BCUT2D eigenvalue weighted by Gasteiger charge is -2.41. The predicted molar refractivity (Wildman–Crippen MR) is 308 cm³/mol. The monoisotopic (exact) mass is 1130 g/mol. The first-order valence-corrected chi connectivity index (χ1v) is 28.6. The number of halogens is 2. The molecule has 4 aromatic heterocycles. The summed E-state index contributed by atoms with van der Waals surface area (Å²) in [6, 6.07) is 22.2. The number of aliphatic hydroxyl groups is 1. The number of carbonyl (C=O) groups is 5. The molecule has 5 atom stereocenters. The normalized spacial score (nSPS) is 20.6. The van der Waals surface area contributed by atoms with Gasteiger partial charge in [-0.15, -0.1) is 11.3 Å². The maximum Gasteiger partial charge on any atom is 0.258 e. The number of aryl methyl sites for hydroxylation is 2. The molecule has 4 amide bonds. The second-order valence-corrected chi connectivity index (χ2v) is 24.0. The molecular formula is C60H76F2N12O6S. The van der Waals surface area contributed by atoms with Crippen LogP contribution in [-0.2, 0) is 38.6 Å². The summed E-state index contributed by atoms with van der Waals surface area (Å²) in [5, 5.41) is 29.5. The Hall–Kier alpha value is -7.39. The highest BCUT2D eigenvalue weighted by Crippen LogP contribution is 2.70. The van der Waals surface area contributed by atoms with Crippen molar-refractivity contribution in [3.8, 4) is 10.4 Å². The Morgan fingerprint density at radius 2 is 1.67 bits per heavy atom. The number of fused-ring (bicyclic) bond motifs is 2. The SMILES string of the molecule is CNc1cnn(C(c2ccccc2)C2CN(C=O)C2)c1.C[C@@]12Cc3[nH]nc(C=O)c3CC1C2(F)F.Cc1ccc(N2CCC(CC(=O)NC(C(=O)N3CCC(O)C3)C(C)(C)C)CC2)cn1.Cc1ncsc1-c1ccc(CNC=O)cc1. The molecule has 3 aliphatic heterocycles. The number of carbonyl (C=O) groups excluding carboxylic acids is 5. The molecule has 7 heterocycles. The molecular weight excluding hydrogens is 1050 g/mol. The number of amides is 4. The average molecular weight is 1130 g/mol. The van der Waals surface area contributed by atoms with Crippen LogP contribution < -0.4 is 20.9 Å². The largest absolute Gasteiger partial charge is 0.391 e. The molecule has 6 aromatic rings. The van der Waals surface area contributed by atoms with E-state index >= 15 is 0 Å². The Kier molecular flexibility index (Phi) is 19.2. The highest BCUT2D eigenvalue weighted by atomic mass is 32.1. The summed E-state index contributed by atoms with van der Waals surface area (Å²) in [4.78, 5) is 72.9. The van der Waals surface area contributed by atoms with Gasteiger partial charge in [0.2, 0.25) is 24.6 Å². The second kappa shape index (κ2) is 26.0. The van der Waals surface area contributed by atoms with Gasteiger partial charge in [-0.25, -0.2) is 13.8 Å². The van der Waals surface area contributed by atoms with Crippen LogP contribution in [-0.4, -0.2) is 140 Å². The number of alkyl halides is 2. The third-order valence-electron chi connectivity index (χ3n) is 16.4. The van der Waals surface area contributed by atoms with Gasteiger partial charge in [-0.1, -0.05) is 82.3 Å². The lowest BCUT2D eigenvalue weighted by atomic mass is 9.85. The average Bonchev–Trinajstić information content (AvgIpc) is 1.87. The molecule has 5 aliphatic rings. The number of nitrogens with zero attached hydrogens (tertiary/aromatic N) is 8. The van der Waals surface area contributed by atoms with Gasteiger partial charge in [0.25, 0.3) is 5.92 Å². The van der Waals surface area contributed by atoms with Crippen molar-refractivity contribution in [2.75, 3.05) is 56.5 Å². The smallest absolute Gasteiger partial charge is 0.258 e. The Bertz CT molecular complexity index is 3060. The summed E-state index contributed by atoms with van der Waals surface area (Å²) < 4.78 is 28.9. The van der Waals surface area contributed by atoms with E-state index in [2.05, 4.69) is 76.4 Å². The zero-order valence-corrected chi connectivity index (χ0v) is 48.1. The van der Waals surface area contributed by atoms with Crippen LogP contribution in [0, 0.1) is 42.4 Å². The third kappa shape index (κ3) is 14.2. The molecule has 1 saturated carbocycles. The molecule has 81 heavy (non-hydrogen) atoms. The number of piperidine rings is 1. The van der Waals surface area contributed by atoms with Gasteiger partial charge in [0, 0.05) is 106 Å². The number of rotatable bonds is 15. The molecule has 0 bridgehead atoms. The molecule has 2 aromatic carbocycles. The standard InChI is InChI=1S/C23H36N4O3.C15H18N4O.C12H12N2OS.C10H10F2N2O/c1-16-5-6-18(14-24-16)26-10-7-17(8-11-26)13-20(29)25-21(23(2,3)4)22(30)27-12-9-19(28)15-27;1-16-14-7-17-19(10-14)15(12-5-3-2-4-6-12)13-8-18(9-13)11-20;1-9-12(16-8-14-9)11-4-2-10(3-5-11)6-13-7-15;1-9-3-6-5(7(4-15)14-13-6)2-8(9)10(9,11)12/h5-6,14,17,19,21,28H,7-13,15H2,1-4H3,(H,25,29);2-7,10-11,13,15-16H,8-9H2,1H3;2-5,7-8H,6H2,1H3,(H,13,15);4,8H,2-3H2,1H3,(H,13,14)/t;;;8?,9-/m...1/s1. The number of thiazole rings is 1. The molecule has 11 rings (SSSR count). The first kappa shape index (κ1) is 59.7. The van der Waals surface area contributed by atoms with Crippen molar-refractivity contribution in [1.82, 2.24) is 50.4 Å². The van der Waals surface area contributed by atoms with Crippen molar-refractivity contribution in [2.24, 2.45) is 28.6 Å². The van der Waals surface area contributed by atoms with E-state index < -0.39 is 29.4 Å². The van der Waals surface area contributed by atoms with E-state index in [4.69, 9.17) is 0 Å². The van der Waals surface area contributed by atoms with Crippen LogP contribution >= 0.6 is 11.3 Å². The first-order chi connectivity index (χ1) is 38.8. The maximum atomic E-state index is 13.4. The molecule has 5 N–H and O–H groups in total. The van der Waals surface area contributed by atoms with Crippen molar-refractivity contribution in [3.63, 3.8) is 0 Å². The summed E-state index contributed by atoms with van der Waals surface area (Å²) in [6.45, 7) is 16.4. The van der Waals surface area contributed by atoms with Crippen LogP contribution in [0.1, 0.15) is 104 Å². The number of hydrogen-bond donors (Lipinski definition) is 5. The number of aliphatic hydroxyl groups excluding tert-OH is 1. The quantitative estimate of drug-likeness (QED) is 0.0625. The molecule has 21 heteroatoms. The number of benzene rings is 2. The number of nitrogens with one attached hydrogen (secondary N) is 4. The van der Waals surface area contributed by atoms with Gasteiger partial charge in [0.05, 0.1) is 52.0 Å². The Labute approximate surface area is 476 Å².